The van der Waals surface area contributed by atoms with Crippen LogP contribution in [-0.2, 0) is 6.42 Å². The number of benzene rings is 1. The summed E-state index contributed by atoms with van der Waals surface area (Å²) < 4.78 is 7.73. The Kier molecular flexibility index (Phi) is 4.39. The lowest BCUT2D eigenvalue weighted by Gasteiger charge is -2.13. The Hall–Kier alpha value is -2.23. The second kappa shape index (κ2) is 6.34. The van der Waals surface area contributed by atoms with Crippen LogP contribution in [0.4, 0.5) is 0 Å². The van der Waals surface area contributed by atoms with Gasteiger partial charge in [0, 0.05) is 23.0 Å². The highest BCUT2D eigenvalue weighted by Crippen LogP contribution is 2.43. The molecular weight excluding hydrogens is 300 g/mol. The van der Waals surface area contributed by atoms with Gasteiger partial charge in [0.15, 0.2) is 0 Å². The molecule has 4 nitrogen and oxygen atoms in total. The molecule has 0 spiro atoms. The number of carbonyl (C=O) groups is 1. The van der Waals surface area contributed by atoms with E-state index in [1.54, 1.807) is 7.11 Å². The van der Waals surface area contributed by atoms with Crippen LogP contribution in [0.5, 0.6) is 5.75 Å². The van der Waals surface area contributed by atoms with E-state index in [-0.39, 0.29) is 5.91 Å². The van der Waals surface area contributed by atoms with Gasteiger partial charge in [-0.2, -0.15) is 0 Å². The van der Waals surface area contributed by atoms with Crippen LogP contribution in [0, 0.1) is 13.8 Å². The lowest BCUT2D eigenvalue weighted by atomic mass is 9.96. The molecule has 1 heterocycles. The molecule has 2 N–H and O–H groups in total. The molecule has 1 saturated carbocycles. The molecule has 1 aliphatic rings. The fourth-order valence-electron chi connectivity index (χ4n) is 3.72. The van der Waals surface area contributed by atoms with Gasteiger partial charge >= 0.3 is 0 Å². The summed E-state index contributed by atoms with van der Waals surface area (Å²) in [6.45, 7) is 6.22. The molecule has 0 radical (unpaired) electrons. The minimum atomic E-state index is -0.340. The average molecular weight is 326 g/mol. The number of amides is 1. The Balaban J connectivity index is 2.26. The fourth-order valence-corrected chi connectivity index (χ4v) is 3.72. The van der Waals surface area contributed by atoms with Crippen molar-refractivity contribution in [2.45, 2.75) is 52.5 Å². The molecule has 128 valence electrons. The number of rotatable bonds is 6. The summed E-state index contributed by atoms with van der Waals surface area (Å²) in [5.74, 6) is 0.516. The van der Waals surface area contributed by atoms with Gasteiger partial charge in [-0.15, -0.1) is 0 Å². The fraction of sp³-hybridized carbons (Fsp3) is 0.450. The van der Waals surface area contributed by atoms with Crippen LogP contribution in [-0.4, -0.2) is 17.6 Å². The Morgan fingerprint density at radius 1 is 1.33 bits per heavy atom. The highest BCUT2D eigenvalue weighted by Gasteiger charge is 2.32. The number of nitrogens with zero attached hydrogens (tertiary/aromatic N) is 1. The van der Waals surface area contributed by atoms with Gasteiger partial charge in [-0.25, -0.2) is 0 Å². The first-order chi connectivity index (χ1) is 11.5. The van der Waals surface area contributed by atoms with Gasteiger partial charge in [0.2, 0.25) is 0 Å². The average Bonchev–Trinajstić information content (AvgIpc) is 3.32. The molecule has 2 aromatic rings. The maximum absolute atomic E-state index is 12.2. The van der Waals surface area contributed by atoms with Crippen LogP contribution in [0.2, 0.25) is 0 Å². The van der Waals surface area contributed by atoms with Crippen molar-refractivity contribution in [1.82, 2.24) is 4.57 Å². The first-order valence-corrected chi connectivity index (χ1v) is 8.68. The summed E-state index contributed by atoms with van der Waals surface area (Å²) in [4.78, 5) is 12.2. The van der Waals surface area contributed by atoms with Crippen molar-refractivity contribution in [3.63, 3.8) is 0 Å². The topological polar surface area (TPSA) is 57.2 Å². The lowest BCUT2D eigenvalue weighted by Crippen LogP contribution is -2.13. The third-order valence-electron chi connectivity index (χ3n) is 4.88. The number of methoxy groups -OCH3 is 1. The first-order valence-electron chi connectivity index (χ1n) is 8.68. The number of carbonyl (C=O) groups excluding carboxylic acids is 1. The Labute approximate surface area is 143 Å². The molecule has 0 unspecified atom stereocenters. The number of nitrogens with two attached hydrogens (primary N) is 1. The molecule has 1 fully saturated rings. The van der Waals surface area contributed by atoms with Gasteiger partial charge in [0.05, 0.1) is 12.7 Å². The van der Waals surface area contributed by atoms with Crippen molar-refractivity contribution in [3.8, 4) is 16.9 Å². The SMILES string of the molecule is CCCc1c(-c2ccc(OC)c(C)c2)c(C(N)=O)c(C)n1C1CC1. The monoisotopic (exact) mass is 326 g/mol. The zero-order valence-electron chi connectivity index (χ0n) is 15.0. The number of primary amides is 1. The third-order valence-corrected chi connectivity index (χ3v) is 4.88. The Morgan fingerprint density at radius 2 is 2.04 bits per heavy atom. The molecule has 4 heteroatoms. The molecule has 1 aromatic carbocycles. The van der Waals surface area contributed by atoms with Crippen molar-refractivity contribution in [3.05, 3.63) is 40.7 Å². The summed E-state index contributed by atoms with van der Waals surface area (Å²) in [5, 5.41) is 0. The van der Waals surface area contributed by atoms with Crippen molar-refractivity contribution in [1.29, 1.82) is 0 Å². The van der Waals surface area contributed by atoms with Crippen LogP contribution < -0.4 is 10.5 Å². The van der Waals surface area contributed by atoms with Crippen molar-refractivity contribution >= 4 is 5.91 Å². The van der Waals surface area contributed by atoms with Gasteiger partial charge in [-0.1, -0.05) is 19.4 Å². The van der Waals surface area contributed by atoms with Crippen molar-refractivity contribution in [2.24, 2.45) is 5.73 Å². The van der Waals surface area contributed by atoms with E-state index in [1.807, 2.05) is 26.0 Å². The standard InChI is InChI=1S/C20H26N2O2/c1-5-6-16-19(14-7-10-17(24-4)12(2)11-14)18(20(21)23)13(3)22(16)15-8-9-15/h7,10-11,15H,5-6,8-9H2,1-4H3,(H2,21,23). The minimum absolute atomic E-state index is 0.340. The Bertz CT molecular complexity index is 785. The summed E-state index contributed by atoms with van der Waals surface area (Å²) >= 11 is 0. The summed E-state index contributed by atoms with van der Waals surface area (Å²) in [5.41, 5.74) is 11.8. The summed E-state index contributed by atoms with van der Waals surface area (Å²) in [6, 6.07) is 6.62. The van der Waals surface area contributed by atoms with Gasteiger partial charge < -0.3 is 15.0 Å². The van der Waals surface area contributed by atoms with E-state index in [1.165, 1.54) is 18.5 Å². The van der Waals surface area contributed by atoms with E-state index in [9.17, 15) is 4.79 Å². The van der Waals surface area contributed by atoms with E-state index in [0.29, 0.717) is 11.6 Å². The number of aromatic nitrogens is 1. The molecule has 1 aromatic heterocycles. The molecule has 1 aliphatic carbocycles. The largest absolute Gasteiger partial charge is 0.496 e. The van der Waals surface area contributed by atoms with Crippen LogP contribution >= 0.6 is 0 Å². The molecule has 0 bridgehead atoms. The van der Waals surface area contributed by atoms with E-state index in [4.69, 9.17) is 10.5 Å². The van der Waals surface area contributed by atoms with Crippen LogP contribution in [0.15, 0.2) is 18.2 Å². The molecule has 0 saturated heterocycles. The van der Waals surface area contributed by atoms with Gasteiger partial charge in [-0.05, 0) is 56.4 Å². The lowest BCUT2D eigenvalue weighted by molar-refractivity contribution is 0.1000. The van der Waals surface area contributed by atoms with Gasteiger partial charge in [0.1, 0.15) is 5.75 Å². The van der Waals surface area contributed by atoms with E-state index in [2.05, 4.69) is 17.6 Å². The maximum Gasteiger partial charge on any atom is 0.251 e. The highest BCUT2D eigenvalue weighted by atomic mass is 16.5. The number of aryl methyl sites for hydroxylation is 1. The summed E-state index contributed by atoms with van der Waals surface area (Å²) in [6.07, 6.45) is 4.36. The zero-order valence-corrected chi connectivity index (χ0v) is 15.0. The van der Waals surface area contributed by atoms with Crippen molar-refractivity contribution in [2.75, 3.05) is 7.11 Å². The smallest absolute Gasteiger partial charge is 0.251 e. The van der Waals surface area contributed by atoms with Gasteiger partial charge in [-0.3, -0.25) is 4.79 Å². The molecule has 24 heavy (non-hydrogen) atoms. The molecular formula is C20H26N2O2. The number of hydrogen-bond donors (Lipinski definition) is 1. The van der Waals surface area contributed by atoms with E-state index >= 15 is 0 Å². The maximum atomic E-state index is 12.2. The van der Waals surface area contributed by atoms with E-state index in [0.717, 1.165) is 41.0 Å². The zero-order chi connectivity index (χ0) is 17.4. The normalized spacial score (nSPS) is 14.0. The second-order valence-corrected chi connectivity index (χ2v) is 6.68. The number of ether oxygens (including phenoxy) is 1. The quantitative estimate of drug-likeness (QED) is 0.866. The predicted molar refractivity (Wildman–Crippen MR) is 96.7 cm³/mol. The second-order valence-electron chi connectivity index (χ2n) is 6.68. The van der Waals surface area contributed by atoms with Crippen LogP contribution in [0.25, 0.3) is 11.1 Å². The van der Waals surface area contributed by atoms with E-state index < -0.39 is 0 Å². The molecule has 1 amide bonds. The summed E-state index contributed by atoms with van der Waals surface area (Å²) in [7, 11) is 1.67. The molecule has 3 rings (SSSR count). The highest BCUT2D eigenvalue weighted by molar-refractivity contribution is 6.02. The molecule has 0 atom stereocenters. The molecule has 0 aliphatic heterocycles. The number of hydrogen-bond acceptors (Lipinski definition) is 2. The first kappa shape index (κ1) is 16.6. The van der Waals surface area contributed by atoms with Gasteiger partial charge in [0.25, 0.3) is 5.91 Å². The Morgan fingerprint density at radius 3 is 2.54 bits per heavy atom. The van der Waals surface area contributed by atoms with Crippen molar-refractivity contribution < 1.29 is 9.53 Å². The third kappa shape index (κ3) is 2.70. The van der Waals surface area contributed by atoms with Crippen LogP contribution in [0.3, 0.4) is 0 Å². The minimum Gasteiger partial charge on any atom is -0.496 e. The predicted octanol–water partition coefficient (Wildman–Crippen LogP) is 4.17. The van der Waals surface area contributed by atoms with Crippen LogP contribution in [0.1, 0.15) is 59.5 Å².